The SMILES string of the molecule is NN(c1ccc(C(=O)O)cc1)C1CCOCC1. The van der Waals surface area contributed by atoms with E-state index in [4.69, 9.17) is 15.7 Å². The molecule has 0 aromatic heterocycles. The zero-order valence-electron chi connectivity index (χ0n) is 9.50. The van der Waals surface area contributed by atoms with Gasteiger partial charge in [-0.1, -0.05) is 0 Å². The standard InChI is InChI=1S/C12H16N2O3/c13-14(11-5-7-17-8-6-11)10-3-1-9(2-4-10)12(15)16/h1-4,11H,5-8,13H2,(H,15,16). The van der Waals surface area contributed by atoms with Gasteiger partial charge >= 0.3 is 5.97 Å². The Labute approximate surface area is 99.8 Å². The summed E-state index contributed by atoms with van der Waals surface area (Å²) in [4.78, 5) is 10.7. The second-order valence-corrected chi connectivity index (χ2v) is 4.10. The lowest BCUT2D eigenvalue weighted by atomic mass is 10.1. The maximum atomic E-state index is 10.7. The fraction of sp³-hybridized carbons (Fsp3) is 0.417. The van der Waals surface area contributed by atoms with Crippen LogP contribution in [-0.2, 0) is 4.74 Å². The quantitative estimate of drug-likeness (QED) is 0.610. The zero-order chi connectivity index (χ0) is 12.3. The molecular formula is C12H16N2O3. The van der Waals surface area contributed by atoms with Gasteiger partial charge in [0, 0.05) is 19.3 Å². The van der Waals surface area contributed by atoms with Crippen molar-refractivity contribution in [2.45, 2.75) is 18.9 Å². The second-order valence-electron chi connectivity index (χ2n) is 4.10. The van der Waals surface area contributed by atoms with Crippen molar-refractivity contribution in [2.24, 2.45) is 5.84 Å². The Bertz CT molecular complexity index is 385. The van der Waals surface area contributed by atoms with Gasteiger partial charge in [0.2, 0.25) is 0 Å². The topological polar surface area (TPSA) is 75.8 Å². The van der Waals surface area contributed by atoms with Crippen molar-refractivity contribution in [1.29, 1.82) is 0 Å². The van der Waals surface area contributed by atoms with Crippen LogP contribution in [0.25, 0.3) is 0 Å². The van der Waals surface area contributed by atoms with Crippen LogP contribution in [0.4, 0.5) is 5.69 Å². The third-order valence-corrected chi connectivity index (χ3v) is 3.00. The molecule has 1 fully saturated rings. The number of nitrogens with zero attached hydrogens (tertiary/aromatic N) is 1. The first kappa shape index (κ1) is 11.9. The summed E-state index contributed by atoms with van der Waals surface area (Å²) in [5.41, 5.74) is 1.11. The Kier molecular flexibility index (Phi) is 3.61. The molecule has 92 valence electrons. The van der Waals surface area contributed by atoms with Gasteiger partial charge in [-0.15, -0.1) is 0 Å². The summed E-state index contributed by atoms with van der Waals surface area (Å²) in [6, 6.07) is 6.87. The van der Waals surface area contributed by atoms with Crippen LogP contribution in [0.2, 0.25) is 0 Å². The van der Waals surface area contributed by atoms with E-state index in [1.165, 1.54) is 0 Å². The summed E-state index contributed by atoms with van der Waals surface area (Å²) in [5, 5.41) is 10.5. The van der Waals surface area contributed by atoms with Crippen LogP contribution in [0.1, 0.15) is 23.2 Å². The second kappa shape index (κ2) is 5.16. The molecule has 0 atom stereocenters. The fourth-order valence-electron chi connectivity index (χ4n) is 1.95. The number of rotatable bonds is 3. The summed E-state index contributed by atoms with van der Waals surface area (Å²) in [6.45, 7) is 1.46. The van der Waals surface area contributed by atoms with Crippen LogP contribution >= 0.6 is 0 Å². The van der Waals surface area contributed by atoms with Gasteiger partial charge in [0.1, 0.15) is 0 Å². The molecule has 0 unspecified atom stereocenters. The van der Waals surface area contributed by atoms with E-state index in [2.05, 4.69) is 0 Å². The fourth-order valence-corrected chi connectivity index (χ4v) is 1.95. The first-order valence-corrected chi connectivity index (χ1v) is 5.63. The minimum Gasteiger partial charge on any atom is -0.478 e. The van der Waals surface area contributed by atoms with Gasteiger partial charge < -0.3 is 14.9 Å². The molecule has 0 radical (unpaired) electrons. The molecular weight excluding hydrogens is 220 g/mol. The minimum atomic E-state index is -0.925. The molecule has 0 bridgehead atoms. The van der Waals surface area contributed by atoms with E-state index in [1.54, 1.807) is 29.3 Å². The van der Waals surface area contributed by atoms with Gasteiger partial charge in [-0.25, -0.2) is 10.6 Å². The smallest absolute Gasteiger partial charge is 0.335 e. The molecule has 1 heterocycles. The summed E-state index contributed by atoms with van der Waals surface area (Å²) in [5.74, 6) is 5.10. The van der Waals surface area contributed by atoms with Crippen LogP contribution in [-0.4, -0.2) is 30.3 Å². The lowest BCUT2D eigenvalue weighted by molar-refractivity contribution is 0.0697. The predicted molar refractivity (Wildman–Crippen MR) is 63.9 cm³/mol. The number of carboxylic acids is 1. The number of nitrogens with two attached hydrogens (primary N) is 1. The Balaban J connectivity index is 2.07. The molecule has 0 amide bonds. The molecule has 3 N–H and O–H groups in total. The van der Waals surface area contributed by atoms with Crippen LogP contribution in [0.5, 0.6) is 0 Å². The highest BCUT2D eigenvalue weighted by atomic mass is 16.5. The summed E-state index contributed by atoms with van der Waals surface area (Å²) >= 11 is 0. The predicted octanol–water partition coefficient (Wildman–Crippen LogP) is 1.24. The van der Waals surface area contributed by atoms with Crippen molar-refractivity contribution in [1.82, 2.24) is 0 Å². The van der Waals surface area contributed by atoms with E-state index in [-0.39, 0.29) is 11.6 Å². The Hall–Kier alpha value is -1.59. The molecule has 5 nitrogen and oxygen atoms in total. The maximum Gasteiger partial charge on any atom is 0.335 e. The molecule has 1 aliphatic heterocycles. The molecule has 2 rings (SSSR count). The highest BCUT2D eigenvalue weighted by molar-refractivity contribution is 5.88. The highest BCUT2D eigenvalue weighted by Crippen LogP contribution is 2.20. The van der Waals surface area contributed by atoms with E-state index in [0.29, 0.717) is 0 Å². The summed E-state index contributed by atoms with van der Waals surface area (Å²) in [6.07, 6.45) is 1.80. The van der Waals surface area contributed by atoms with Gasteiger partial charge in [0.25, 0.3) is 0 Å². The molecule has 17 heavy (non-hydrogen) atoms. The number of hydrazine groups is 1. The molecule has 1 saturated heterocycles. The Morgan fingerprint density at radius 3 is 2.41 bits per heavy atom. The number of hydrogen-bond acceptors (Lipinski definition) is 4. The molecule has 1 aromatic rings. The molecule has 1 aliphatic rings. The first-order valence-electron chi connectivity index (χ1n) is 5.63. The number of carbonyl (C=O) groups is 1. The van der Waals surface area contributed by atoms with Crippen molar-refractivity contribution >= 4 is 11.7 Å². The van der Waals surface area contributed by atoms with Crippen LogP contribution < -0.4 is 10.9 Å². The van der Waals surface area contributed by atoms with Crippen molar-refractivity contribution in [3.63, 3.8) is 0 Å². The largest absolute Gasteiger partial charge is 0.478 e. The molecule has 5 heteroatoms. The summed E-state index contributed by atoms with van der Waals surface area (Å²) in [7, 11) is 0. The Morgan fingerprint density at radius 2 is 1.88 bits per heavy atom. The lowest BCUT2D eigenvalue weighted by Gasteiger charge is -2.32. The van der Waals surface area contributed by atoms with Crippen molar-refractivity contribution < 1.29 is 14.6 Å². The Morgan fingerprint density at radius 1 is 1.29 bits per heavy atom. The van der Waals surface area contributed by atoms with Crippen molar-refractivity contribution in [3.05, 3.63) is 29.8 Å². The van der Waals surface area contributed by atoms with E-state index >= 15 is 0 Å². The third-order valence-electron chi connectivity index (χ3n) is 3.00. The number of aromatic carboxylic acids is 1. The molecule has 1 aromatic carbocycles. The average molecular weight is 236 g/mol. The number of carboxylic acid groups (broad SMARTS) is 1. The zero-order valence-corrected chi connectivity index (χ0v) is 9.50. The molecule has 0 saturated carbocycles. The number of hydrogen-bond donors (Lipinski definition) is 2. The normalized spacial score (nSPS) is 16.8. The van der Waals surface area contributed by atoms with Crippen LogP contribution in [0, 0.1) is 0 Å². The van der Waals surface area contributed by atoms with Gasteiger partial charge in [0.05, 0.1) is 11.3 Å². The molecule has 0 spiro atoms. The van der Waals surface area contributed by atoms with E-state index in [0.717, 1.165) is 31.7 Å². The number of benzene rings is 1. The highest BCUT2D eigenvalue weighted by Gasteiger charge is 2.19. The monoisotopic (exact) mass is 236 g/mol. The van der Waals surface area contributed by atoms with E-state index < -0.39 is 5.97 Å². The summed E-state index contributed by atoms with van der Waals surface area (Å²) < 4.78 is 5.28. The van der Waals surface area contributed by atoms with Gasteiger partial charge in [-0.3, -0.25) is 0 Å². The molecule has 0 aliphatic carbocycles. The van der Waals surface area contributed by atoms with Gasteiger partial charge in [-0.2, -0.15) is 0 Å². The van der Waals surface area contributed by atoms with Crippen LogP contribution in [0.3, 0.4) is 0 Å². The van der Waals surface area contributed by atoms with Gasteiger partial charge in [-0.05, 0) is 37.1 Å². The van der Waals surface area contributed by atoms with Gasteiger partial charge in [0.15, 0.2) is 0 Å². The van der Waals surface area contributed by atoms with Crippen LogP contribution in [0.15, 0.2) is 24.3 Å². The average Bonchev–Trinajstić information content (AvgIpc) is 2.39. The van der Waals surface area contributed by atoms with E-state index in [9.17, 15) is 4.79 Å². The first-order chi connectivity index (χ1) is 8.18. The third kappa shape index (κ3) is 2.75. The van der Waals surface area contributed by atoms with Crippen molar-refractivity contribution in [3.8, 4) is 0 Å². The van der Waals surface area contributed by atoms with Crippen molar-refractivity contribution in [2.75, 3.05) is 18.2 Å². The lowest BCUT2D eigenvalue weighted by Crippen LogP contribution is -2.44. The van der Waals surface area contributed by atoms with E-state index in [1.807, 2.05) is 0 Å². The minimum absolute atomic E-state index is 0.263. The number of anilines is 1. The maximum absolute atomic E-state index is 10.7. The number of ether oxygens (including phenoxy) is 1.